The summed E-state index contributed by atoms with van der Waals surface area (Å²) in [5.41, 5.74) is 1.09. The van der Waals surface area contributed by atoms with Crippen LogP contribution in [0.4, 0.5) is 0 Å². The van der Waals surface area contributed by atoms with Gasteiger partial charge >= 0.3 is 0 Å². The van der Waals surface area contributed by atoms with E-state index in [-0.39, 0.29) is 23.9 Å². The molecule has 1 amide bonds. The van der Waals surface area contributed by atoms with Crippen LogP contribution in [0.25, 0.3) is 0 Å². The summed E-state index contributed by atoms with van der Waals surface area (Å²) in [6.45, 7) is 6.51. The Kier molecular flexibility index (Phi) is 19.0. The summed E-state index contributed by atoms with van der Waals surface area (Å²) in [4.78, 5) is 12.3. The molecule has 0 unspecified atom stereocenters. The van der Waals surface area contributed by atoms with Gasteiger partial charge in [-0.1, -0.05) is 127 Å². The maximum Gasteiger partial charge on any atom is 0.220 e. The van der Waals surface area contributed by atoms with E-state index in [9.17, 15) is 4.79 Å². The number of carbonyl (C=O) groups excluding carboxylic acids is 1. The first-order chi connectivity index (χ1) is 14.5. The van der Waals surface area contributed by atoms with Crippen molar-refractivity contribution in [3.63, 3.8) is 0 Å². The lowest BCUT2D eigenvalue weighted by atomic mass is 9.94. The summed E-state index contributed by atoms with van der Waals surface area (Å²) >= 11 is 0. The van der Waals surface area contributed by atoms with Crippen molar-refractivity contribution in [3.05, 3.63) is 35.9 Å². The van der Waals surface area contributed by atoms with Crippen molar-refractivity contribution in [2.75, 3.05) is 0 Å². The molecule has 2 nitrogen and oxygen atoms in total. The minimum Gasteiger partial charge on any atom is -0.351 e. The third-order valence-electron chi connectivity index (χ3n) is 5.97. The summed E-state index contributed by atoms with van der Waals surface area (Å²) in [6.07, 6.45) is 21.9. The van der Waals surface area contributed by atoms with E-state index in [1.165, 1.54) is 95.5 Å². The molecule has 0 heterocycles. The van der Waals surface area contributed by atoms with Gasteiger partial charge in [0.25, 0.3) is 0 Å². The van der Waals surface area contributed by atoms with Crippen LogP contribution in [0.2, 0.25) is 0 Å². The molecule has 1 aromatic rings. The lowest BCUT2D eigenvalue weighted by Gasteiger charge is -2.26. The highest BCUT2D eigenvalue weighted by Crippen LogP contribution is 2.15. The lowest BCUT2D eigenvalue weighted by Crippen LogP contribution is -2.45. The molecular formula is C28H50ClNO. The van der Waals surface area contributed by atoms with Crippen LogP contribution in [-0.2, 0) is 11.2 Å². The van der Waals surface area contributed by atoms with Gasteiger partial charge in [-0.2, -0.15) is 0 Å². The van der Waals surface area contributed by atoms with Gasteiger partial charge in [0, 0.05) is 12.0 Å². The Morgan fingerprint density at radius 1 is 0.710 bits per heavy atom. The van der Waals surface area contributed by atoms with Crippen LogP contribution in [0.3, 0.4) is 0 Å². The maximum atomic E-state index is 12.3. The summed E-state index contributed by atoms with van der Waals surface area (Å²) in [7, 11) is 0. The molecule has 1 N–H and O–H groups in total. The summed E-state index contributed by atoms with van der Waals surface area (Å²) < 4.78 is 0. The number of rotatable bonds is 19. The van der Waals surface area contributed by atoms with E-state index < -0.39 is 0 Å². The van der Waals surface area contributed by atoms with Crippen LogP contribution in [0.5, 0.6) is 0 Å². The molecular weight excluding hydrogens is 402 g/mol. The van der Waals surface area contributed by atoms with E-state index in [4.69, 9.17) is 0 Å². The molecule has 31 heavy (non-hydrogen) atoms. The van der Waals surface area contributed by atoms with Gasteiger partial charge in [-0.3, -0.25) is 4.79 Å². The molecule has 0 aliphatic carbocycles. The second-order valence-corrected chi connectivity index (χ2v) is 9.79. The third kappa shape index (κ3) is 18.3. The van der Waals surface area contributed by atoms with Gasteiger partial charge in [0.1, 0.15) is 0 Å². The molecule has 0 aromatic heterocycles. The highest BCUT2D eigenvalue weighted by molar-refractivity contribution is 5.85. The van der Waals surface area contributed by atoms with Crippen molar-refractivity contribution in [3.8, 4) is 0 Å². The molecule has 0 saturated heterocycles. The van der Waals surface area contributed by atoms with Crippen molar-refractivity contribution >= 4 is 18.3 Å². The molecule has 0 fully saturated rings. The van der Waals surface area contributed by atoms with Gasteiger partial charge in [-0.05, 0) is 32.3 Å². The highest BCUT2D eigenvalue weighted by atomic mass is 35.5. The fourth-order valence-electron chi connectivity index (χ4n) is 4.25. The Balaban J connectivity index is 0.00000900. The number of nitrogens with one attached hydrogen (secondary N) is 1. The second kappa shape index (κ2) is 19.6. The second-order valence-electron chi connectivity index (χ2n) is 9.79. The van der Waals surface area contributed by atoms with E-state index in [2.05, 4.69) is 50.4 Å². The average Bonchev–Trinajstić information content (AvgIpc) is 2.71. The van der Waals surface area contributed by atoms with Crippen LogP contribution in [-0.4, -0.2) is 11.4 Å². The fourth-order valence-corrected chi connectivity index (χ4v) is 4.25. The minimum atomic E-state index is -0.187. The van der Waals surface area contributed by atoms with Gasteiger partial charge in [-0.25, -0.2) is 0 Å². The lowest BCUT2D eigenvalue weighted by molar-refractivity contribution is -0.122. The van der Waals surface area contributed by atoms with Crippen molar-refractivity contribution in [1.82, 2.24) is 5.32 Å². The monoisotopic (exact) mass is 451 g/mol. The summed E-state index contributed by atoms with van der Waals surface area (Å²) in [5.74, 6) is 0.200. The molecule has 180 valence electrons. The zero-order chi connectivity index (χ0) is 21.9. The van der Waals surface area contributed by atoms with Crippen molar-refractivity contribution < 1.29 is 4.79 Å². The predicted molar refractivity (Wildman–Crippen MR) is 139 cm³/mol. The maximum absolute atomic E-state index is 12.3. The Hall–Kier alpha value is -1.02. The largest absolute Gasteiger partial charge is 0.351 e. The number of unbranched alkanes of at least 4 members (excludes halogenated alkanes) is 14. The molecule has 1 aromatic carbocycles. The van der Waals surface area contributed by atoms with E-state index in [1.54, 1.807) is 0 Å². The van der Waals surface area contributed by atoms with Crippen LogP contribution >= 0.6 is 12.4 Å². The Morgan fingerprint density at radius 3 is 1.58 bits per heavy atom. The number of amides is 1. The first-order valence-corrected chi connectivity index (χ1v) is 12.9. The van der Waals surface area contributed by atoms with Gasteiger partial charge in [0.05, 0.1) is 0 Å². The zero-order valence-corrected chi connectivity index (χ0v) is 21.5. The van der Waals surface area contributed by atoms with Crippen LogP contribution in [0, 0.1) is 0 Å². The third-order valence-corrected chi connectivity index (χ3v) is 5.97. The van der Waals surface area contributed by atoms with Crippen LogP contribution in [0.15, 0.2) is 30.3 Å². The van der Waals surface area contributed by atoms with Crippen molar-refractivity contribution in [2.24, 2.45) is 0 Å². The number of carbonyl (C=O) groups is 1. The molecule has 0 radical (unpaired) electrons. The number of halogens is 1. The zero-order valence-electron chi connectivity index (χ0n) is 20.7. The topological polar surface area (TPSA) is 29.1 Å². The average molecular weight is 452 g/mol. The predicted octanol–water partition coefficient (Wildman–Crippen LogP) is 8.81. The summed E-state index contributed by atoms with van der Waals surface area (Å²) in [6, 6.07) is 10.4. The normalized spacial score (nSPS) is 11.2. The molecule has 0 atom stereocenters. The Morgan fingerprint density at radius 2 is 1.13 bits per heavy atom. The fraction of sp³-hybridized carbons (Fsp3) is 0.750. The molecule has 0 bridgehead atoms. The molecule has 1 rings (SSSR count). The molecule has 0 saturated carbocycles. The van der Waals surface area contributed by atoms with E-state index in [1.807, 2.05) is 6.07 Å². The Bertz CT molecular complexity index is 529. The van der Waals surface area contributed by atoms with Gasteiger partial charge in [0.2, 0.25) is 5.91 Å². The quantitative estimate of drug-likeness (QED) is 0.209. The minimum absolute atomic E-state index is 0. The summed E-state index contributed by atoms with van der Waals surface area (Å²) in [5, 5.41) is 3.22. The SMILES string of the molecule is CCCCCCCCCCCCCCCCCC(=O)NC(C)(C)Cc1ccccc1.Cl. The first kappa shape index (κ1) is 30.0. The van der Waals surface area contributed by atoms with E-state index in [0.717, 1.165) is 12.8 Å². The molecule has 0 aliphatic rings. The number of hydrogen-bond acceptors (Lipinski definition) is 1. The van der Waals surface area contributed by atoms with Crippen molar-refractivity contribution in [1.29, 1.82) is 0 Å². The van der Waals surface area contributed by atoms with E-state index >= 15 is 0 Å². The molecule has 3 heteroatoms. The van der Waals surface area contributed by atoms with Gasteiger partial charge in [-0.15, -0.1) is 12.4 Å². The van der Waals surface area contributed by atoms with Gasteiger partial charge in [0.15, 0.2) is 0 Å². The number of hydrogen-bond donors (Lipinski definition) is 1. The number of benzene rings is 1. The van der Waals surface area contributed by atoms with E-state index in [0.29, 0.717) is 6.42 Å². The van der Waals surface area contributed by atoms with Gasteiger partial charge < -0.3 is 5.32 Å². The first-order valence-electron chi connectivity index (χ1n) is 12.9. The standard InChI is InChI=1S/C28H49NO.ClH/c1-4-5-6-7-8-9-10-11-12-13-14-15-16-17-21-24-27(30)29-28(2,3)25-26-22-19-18-20-23-26;/h18-20,22-23H,4-17,21,24-25H2,1-3H3,(H,29,30);1H. The smallest absolute Gasteiger partial charge is 0.220 e. The molecule has 0 aliphatic heterocycles. The van der Waals surface area contributed by atoms with Crippen LogP contribution < -0.4 is 5.32 Å². The van der Waals surface area contributed by atoms with Crippen molar-refractivity contribution in [2.45, 2.75) is 135 Å². The Labute approximate surface area is 199 Å². The van der Waals surface area contributed by atoms with Crippen LogP contribution in [0.1, 0.15) is 129 Å². The highest BCUT2D eigenvalue weighted by Gasteiger charge is 2.20. The molecule has 0 spiro atoms.